The third-order valence-electron chi connectivity index (χ3n) is 2.20. The summed E-state index contributed by atoms with van der Waals surface area (Å²) < 4.78 is 0. The van der Waals surface area contributed by atoms with E-state index in [9.17, 15) is 4.79 Å². The Labute approximate surface area is 111 Å². The molecule has 5 heteroatoms. The molecule has 2 amide bonds. The minimum Gasteiger partial charge on any atom is -0.336 e. The molecular formula is C12H16Cl2N2O. The summed E-state index contributed by atoms with van der Waals surface area (Å²) in [5, 5.41) is 6.70. The van der Waals surface area contributed by atoms with Crippen molar-refractivity contribution in [2.75, 3.05) is 0 Å². The van der Waals surface area contributed by atoms with Crippen molar-refractivity contribution >= 4 is 29.2 Å². The van der Waals surface area contributed by atoms with Gasteiger partial charge in [0.05, 0.1) is 6.04 Å². The summed E-state index contributed by atoms with van der Waals surface area (Å²) in [6, 6.07) is 4.95. The molecule has 0 unspecified atom stereocenters. The second kappa shape index (κ2) is 6.12. The Balaban J connectivity index is 2.69. The van der Waals surface area contributed by atoms with Crippen molar-refractivity contribution in [3.8, 4) is 0 Å². The van der Waals surface area contributed by atoms with Crippen molar-refractivity contribution in [2.24, 2.45) is 0 Å². The van der Waals surface area contributed by atoms with Crippen molar-refractivity contribution in [3.05, 3.63) is 33.8 Å². The molecule has 1 aromatic rings. The van der Waals surface area contributed by atoms with E-state index in [2.05, 4.69) is 10.6 Å². The van der Waals surface area contributed by atoms with Crippen LogP contribution in [0.4, 0.5) is 4.79 Å². The second-order valence-electron chi connectivity index (χ2n) is 4.16. The molecular weight excluding hydrogens is 259 g/mol. The van der Waals surface area contributed by atoms with Gasteiger partial charge in [0.1, 0.15) is 0 Å². The molecule has 0 aliphatic rings. The van der Waals surface area contributed by atoms with Gasteiger partial charge in [0, 0.05) is 16.1 Å². The number of urea groups is 1. The molecule has 1 atom stereocenters. The van der Waals surface area contributed by atoms with Gasteiger partial charge in [-0.3, -0.25) is 0 Å². The number of hydrogen-bond acceptors (Lipinski definition) is 1. The predicted molar refractivity (Wildman–Crippen MR) is 71.7 cm³/mol. The van der Waals surface area contributed by atoms with E-state index in [-0.39, 0.29) is 18.1 Å². The maximum Gasteiger partial charge on any atom is 0.315 e. The number of amides is 2. The van der Waals surface area contributed by atoms with Crippen LogP contribution < -0.4 is 10.6 Å². The summed E-state index contributed by atoms with van der Waals surface area (Å²) in [6.45, 7) is 5.67. The monoisotopic (exact) mass is 274 g/mol. The average Bonchev–Trinajstić information content (AvgIpc) is 2.15. The minimum atomic E-state index is -0.210. The Morgan fingerprint density at radius 3 is 2.35 bits per heavy atom. The molecule has 0 bridgehead atoms. The van der Waals surface area contributed by atoms with Gasteiger partial charge >= 0.3 is 6.03 Å². The first-order valence-corrected chi connectivity index (χ1v) is 6.17. The Hall–Kier alpha value is -0.930. The molecule has 0 saturated carbocycles. The van der Waals surface area contributed by atoms with Gasteiger partial charge in [-0.15, -0.1) is 0 Å². The average molecular weight is 275 g/mol. The zero-order chi connectivity index (χ0) is 13.0. The van der Waals surface area contributed by atoms with Crippen LogP contribution in [0.25, 0.3) is 0 Å². The van der Waals surface area contributed by atoms with Gasteiger partial charge in [0.25, 0.3) is 0 Å². The van der Waals surface area contributed by atoms with Crippen molar-refractivity contribution in [1.82, 2.24) is 10.6 Å². The molecule has 0 radical (unpaired) electrons. The quantitative estimate of drug-likeness (QED) is 0.866. The molecule has 0 aliphatic heterocycles. The summed E-state index contributed by atoms with van der Waals surface area (Å²) in [5.74, 6) is 0. The maximum absolute atomic E-state index is 11.5. The van der Waals surface area contributed by atoms with Gasteiger partial charge < -0.3 is 10.6 Å². The molecule has 1 rings (SSSR count). The number of carbonyl (C=O) groups is 1. The Kier molecular flexibility index (Phi) is 5.09. The third kappa shape index (κ3) is 4.44. The fourth-order valence-electron chi connectivity index (χ4n) is 1.43. The number of carbonyl (C=O) groups excluding carboxylic acids is 1. The second-order valence-corrected chi connectivity index (χ2v) is 5.00. The molecule has 0 spiro atoms. The summed E-state index contributed by atoms with van der Waals surface area (Å²) >= 11 is 11.9. The van der Waals surface area contributed by atoms with Gasteiger partial charge in [-0.2, -0.15) is 0 Å². The highest BCUT2D eigenvalue weighted by Crippen LogP contribution is 2.25. The SMILES string of the molecule is CC(C)NC(=O)N[C@@H](C)c1ccc(Cl)cc1Cl. The van der Waals surface area contributed by atoms with E-state index in [0.29, 0.717) is 10.0 Å². The van der Waals surface area contributed by atoms with Crippen LogP contribution in [0.1, 0.15) is 32.4 Å². The molecule has 2 N–H and O–H groups in total. The Morgan fingerprint density at radius 2 is 1.82 bits per heavy atom. The van der Waals surface area contributed by atoms with Crippen LogP contribution in [0.15, 0.2) is 18.2 Å². The molecule has 94 valence electrons. The minimum absolute atomic E-state index is 0.0999. The molecule has 0 aromatic heterocycles. The van der Waals surface area contributed by atoms with Crippen LogP contribution >= 0.6 is 23.2 Å². The number of halogens is 2. The first-order valence-electron chi connectivity index (χ1n) is 5.42. The summed E-state index contributed by atoms with van der Waals surface area (Å²) in [5.41, 5.74) is 0.843. The van der Waals surface area contributed by atoms with Crippen LogP contribution in [-0.4, -0.2) is 12.1 Å². The highest BCUT2D eigenvalue weighted by atomic mass is 35.5. The lowest BCUT2D eigenvalue weighted by molar-refractivity contribution is 0.235. The number of nitrogens with one attached hydrogen (secondary N) is 2. The van der Waals surface area contributed by atoms with Crippen LogP contribution in [0, 0.1) is 0 Å². The van der Waals surface area contributed by atoms with Crippen molar-refractivity contribution in [3.63, 3.8) is 0 Å². The summed E-state index contributed by atoms with van der Waals surface area (Å²) in [4.78, 5) is 11.5. The Morgan fingerprint density at radius 1 is 1.18 bits per heavy atom. The zero-order valence-electron chi connectivity index (χ0n) is 10.1. The highest BCUT2D eigenvalue weighted by Gasteiger charge is 2.13. The standard InChI is InChI=1S/C12H16Cl2N2O/c1-7(2)15-12(17)16-8(3)10-5-4-9(13)6-11(10)14/h4-8H,1-3H3,(H2,15,16,17)/t8-/m0/s1. The fraction of sp³-hybridized carbons (Fsp3) is 0.417. The van der Waals surface area contributed by atoms with Gasteiger partial charge in [0.15, 0.2) is 0 Å². The molecule has 0 fully saturated rings. The van der Waals surface area contributed by atoms with E-state index in [4.69, 9.17) is 23.2 Å². The first-order chi connectivity index (χ1) is 7.90. The predicted octanol–water partition coefficient (Wildman–Crippen LogP) is 3.76. The van der Waals surface area contributed by atoms with Gasteiger partial charge in [-0.25, -0.2) is 4.79 Å². The van der Waals surface area contributed by atoms with Crippen LogP contribution in [-0.2, 0) is 0 Å². The van der Waals surface area contributed by atoms with Crippen LogP contribution in [0.5, 0.6) is 0 Å². The first kappa shape index (κ1) is 14.1. The number of hydrogen-bond donors (Lipinski definition) is 2. The van der Waals surface area contributed by atoms with Crippen molar-refractivity contribution in [2.45, 2.75) is 32.9 Å². The lowest BCUT2D eigenvalue weighted by Gasteiger charge is -2.17. The van der Waals surface area contributed by atoms with Crippen molar-refractivity contribution < 1.29 is 4.79 Å². The van der Waals surface area contributed by atoms with Crippen molar-refractivity contribution in [1.29, 1.82) is 0 Å². The molecule has 0 aliphatic carbocycles. The molecule has 3 nitrogen and oxygen atoms in total. The van der Waals surface area contributed by atoms with E-state index >= 15 is 0 Å². The maximum atomic E-state index is 11.5. The third-order valence-corrected chi connectivity index (χ3v) is 2.76. The van der Waals surface area contributed by atoms with Gasteiger partial charge in [-0.1, -0.05) is 29.3 Å². The van der Waals surface area contributed by atoms with Crippen LogP contribution in [0.2, 0.25) is 10.0 Å². The zero-order valence-corrected chi connectivity index (χ0v) is 11.6. The van der Waals surface area contributed by atoms with E-state index in [1.807, 2.05) is 26.8 Å². The van der Waals surface area contributed by atoms with Gasteiger partial charge in [-0.05, 0) is 38.5 Å². The Bertz CT molecular complexity index is 407. The van der Waals surface area contributed by atoms with E-state index < -0.39 is 0 Å². The summed E-state index contributed by atoms with van der Waals surface area (Å²) in [6.07, 6.45) is 0. The highest BCUT2D eigenvalue weighted by molar-refractivity contribution is 6.35. The lowest BCUT2D eigenvalue weighted by atomic mass is 10.1. The molecule has 1 aromatic carbocycles. The van der Waals surface area contributed by atoms with E-state index in [1.165, 1.54) is 0 Å². The van der Waals surface area contributed by atoms with E-state index in [0.717, 1.165) is 5.56 Å². The van der Waals surface area contributed by atoms with Crippen LogP contribution in [0.3, 0.4) is 0 Å². The molecule has 0 saturated heterocycles. The number of rotatable bonds is 3. The fourth-order valence-corrected chi connectivity index (χ4v) is 2.00. The topological polar surface area (TPSA) is 41.1 Å². The molecule has 0 heterocycles. The van der Waals surface area contributed by atoms with Gasteiger partial charge in [0.2, 0.25) is 0 Å². The number of benzene rings is 1. The smallest absolute Gasteiger partial charge is 0.315 e. The molecule has 17 heavy (non-hydrogen) atoms. The lowest BCUT2D eigenvalue weighted by Crippen LogP contribution is -2.40. The largest absolute Gasteiger partial charge is 0.336 e. The normalized spacial score (nSPS) is 12.4. The van der Waals surface area contributed by atoms with E-state index in [1.54, 1.807) is 12.1 Å². The summed E-state index contributed by atoms with van der Waals surface area (Å²) in [7, 11) is 0.